The summed E-state index contributed by atoms with van der Waals surface area (Å²) in [5.74, 6) is -1.63. The maximum atomic E-state index is 11.8. The van der Waals surface area contributed by atoms with E-state index in [1.165, 1.54) is 0 Å². The van der Waals surface area contributed by atoms with Gasteiger partial charge in [0.05, 0.1) is 27.2 Å². The zero-order valence-corrected chi connectivity index (χ0v) is 15.0. The zero-order valence-electron chi connectivity index (χ0n) is 15.0. The minimum Gasteiger partial charge on any atom is -0.550 e. The number of likely N-dealkylation sites (N-methyl/N-ethyl adjacent to an activating group) is 1. The Bertz CT molecular complexity index is 351. The van der Waals surface area contributed by atoms with E-state index in [0.29, 0.717) is 23.9 Å². The second-order valence-electron chi connectivity index (χ2n) is 7.20. The van der Waals surface area contributed by atoms with Gasteiger partial charge in [-0.15, -0.1) is 0 Å². The van der Waals surface area contributed by atoms with Gasteiger partial charge in [0, 0.05) is 18.8 Å². The molecule has 0 amide bonds. The number of rotatable bonds is 13. The van der Waals surface area contributed by atoms with E-state index in [0.717, 1.165) is 25.7 Å². The highest BCUT2D eigenvalue weighted by molar-refractivity contribution is 5.70. The molecule has 0 fully saturated rings. The van der Waals surface area contributed by atoms with Crippen LogP contribution >= 0.6 is 0 Å². The Kier molecular flexibility index (Phi) is 10.8. The van der Waals surface area contributed by atoms with E-state index in [2.05, 4.69) is 6.92 Å². The van der Waals surface area contributed by atoms with Gasteiger partial charge in [-0.3, -0.25) is 4.79 Å². The Hall–Kier alpha value is -1.14. The number of ether oxygens (including phenoxy) is 1. The van der Waals surface area contributed by atoms with Crippen molar-refractivity contribution < 1.29 is 29.0 Å². The third-order valence-corrected chi connectivity index (χ3v) is 3.50. The molecule has 0 aromatic heterocycles. The molecule has 0 aromatic carbocycles. The van der Waals surface area contributed by atoms with Crippen molar-refractivity contribution in [2.45, 2.75) is 70.5 Å². The number of aliphatic carboxylic acids is 1. The van der Waals surface area contributed by atoms with Crippen LogP contribution in [0.15, 0.2) is 0 Å². The van der Waals surface area contributed by atoms with E-state index in [1.807, 2.05) is 21.1 Å². The van der Waals surface area contributed by atoms with Gasteiger partial charge in [0.25, 0.3) is 0 Å². The Morgan fingerprint density at radius 2 is 1.74 bits per heavy atom. The van der Waals surface area contributed by atoms with Crippen LogP contribution in [-0.2, 0) is 14.3 Å². The normalized spacial score (nSPS) is 14.3. The summed E-state index contributed by atoms with van der Waals surface area (Å²) >= 11 is 0. The molecule has 2 unspecified atom stereocenters. The number of carboxylic acid groups (broad SMARTS) is 1. The molecule has 0 bridgehead atoms. The molecule has 0 radical (unpaired) electrons. The van der Waals surface area contributed by atoms with Gasteiger partial charge in [0.2, 0.25) is 0 Å². The van der Waals surface area contributed by atoms with Gasteiger partial charge < -0.3 is 24.2 Å². The average Bonchev–Trinajstić information content (AvgIpc) is 2.35. The third kappa shape index (κ3) is 14.2. The first-order valence-electron chi connectivity index (χ1n) is 8.52. The lowest BCUT2D eigenvalue weighted by Gasteiger charge is -2.29. The molecule has 0 aliphatic carbocycles. The van der Waals surface area contributed by atoms with Gasteiger partial charge in [-0.1, -0.05) is 26.2 Å². The second-order valence-corrected chi connectivity index (χ2v) is 7.20. The number of quaternary nitrogens is 1. The summed E-state index contributed by atoms with van der Waals surface area (Å²) in [6.07, 6.45) is 3.96. The SMILES string of the molecule is CCCCCC(O)CCCC(=O)OC(CC(=O)[O-])C[N+](C)(C)C. The number of nitrogens with zero attached hydrogens (tertiary/aromatic N) is 1. The predicted molar refractivity (Wildman–Crippen MR) is 86.4 cm³/mol. The fraction of sp³-hybridized carbons (Fsp3) is 0.882. The van der Waals surface area contributed by atoms with Crippen molar-refractivity contribution in [3.05, 3.63) is 0 Å². The first kappa shape index (κ1) is 21.9. The third-order valence-electron chi connectivity index (χ3n) is 3.50. The van der Waals surface area contributed by atoms with Crippen molar-refractivity contribution in [2.24, 2.45) is 0 Å². The van der Waals surface area contributed by atoms with Crippen molar-refractivity contribution in [2.75, 3.05) is 27.7 Å². The molecule has 0 aliphatic rings. The van der Waals surface area contributed by atoms with Gasteiger partial charge in [0.1, 0.15) is 6.54 Å². The average molecular weight is 331 g/mol. The maximum Gasteiger partial charge on any atom is 0.306 e. The van der Waals surface area contributed by atoms with E-state index >= 15 is 0 Å². The Balaban J connectivity index is 4.09. The number of aliphatic hydroxyl groups is 1. The molecule has 2 atom stereocenters. The lowest BCUT2D eigenvalue weighted by Crippen LogP contribution is -2.45. The highest BCUT2D eigenvalue weighted by Gasteiger charge is 2.22. The van der Waals surface area contributed by atoms with Crippen molar-refractivity contribution in [3.63, 3.8) is 0 Å². The summed E-state index contributed by atoms with van der Waals surface area (Å²) in [5.41, 5.74) is 0. The fourth-order valence-electron chi connectivity index (χ4n) is 2.44. The lowest BCUT2D eigenvalue weighted by molar-refractivity contribution is -0.873. The number of hydrogen-bond acceptors (Lipinski definition) is 5. The highest BCUT2D eigenvalue weighted by atomic mass is 16.5. The summed E-state index contributed by atoms with van der Waals surface area (Å²) in [6, 6.07) is 0. The molecule has 0 saturated carbocycles. The first-order valence-corrected chi connectivity index (χ1v) is 8.52. The van der Waals surface area contributed by atoms with E-state index in [-0.39, 0.29) is 18.9 Å². The van der Waals surface area contributed by atoms with Gasteiger partial charge in [-0.2, -0.15) is 0 Å². The van der Waals surface area contributed by atoms with Crippen molar-refractivity contribution >= 4 is 11.9 Å². The Morgan fingerprint density at radius 3 is 2.26 bits per heavy atom. The van der Waals surface area contributed by atoms with Crippen LogP contribution in [-0.4, -0.2) is 61.4 Å². The molecular formula is C17H33NO5. The standard InChI is InChI=1S/C17H33NO5/c1-5-6-7-9-14(19)10-8-11-17(22)23-15(12-16(20)21)13-18(2,3)4/h14-15,19H,5-13H2,1-4H3. The lowest BCUT2D eigenvalue weighted by atomic mass is 10.1. The van der Waals surface area contributed by atoms with Gasteiger partial charge in [-0.05, 0) is 19.3 Å². The molecule has 23 heavy (non-hydrogen) atoms. The molecular weight excluding hydrogens is 298 g/mol. The number of carbonyl (C=O) groups is 2. The Morgan fingerprint density at radius 1 is 1.13 bits per heavy atom. The minimum absolute atomic E-state index is 0.200. The molecule has 0 spiro atoms. The van der Waals surface area contributed by atoms with Crippen LogP contribution < -0.4 is 5.11 Å². The minimum atomic E-state index is -1.22. The van der Waals surface area contributed by atoms with Gasteiger partial charge >= 0.3 is 5.97 Å². The van der Waals surface area contributed by atoms with Crippen LogP contribution in [0, 0.1) is 0 Å². The van der Waals surface area contributed by atoms with Gasteiger partial charge in [-0.25, -0.2) is 0 Å². The monoisotopic (exact) mass is 331 g/mol. The summed E-state index contributed by atoms with van der Waals surface area (Å²) in [7, 11) is 5.72. The number of hydrogen-bond donors (Lipinski definition) is 1. The molecule has 0 aromatic rings. The summed E-state index contributed by atoms with van der Waals surface area (Å²) in [5, 5.41) is 20.6. The highest BCUT2D eigenvalue weighted by Crippen LogP contribution is 2.11. The topological polar surface area (TPSA) is 86.7 Å². The van der Waals surface area contributed by atoms with Crippen molar-refractivity contribution in [1.29, 1.82) is 0 Å². The number of carbonyl (C=O) groups excluding carboxylic acids is 2. The number of carboxylic acids is 1. The van der Waals surface area contributed by atoms with Crippen LogP contribution in [0.4, 0.5) is 0 Å². The van der Waals surface area contributed by atoms with E-state index in [9.17, 15) is 19.8 Å². The number of unbranched alkanes of at least 4 members (excludes halogenated alkanes) is 2. The van der Waals surface area contributed by atoms with E-state index in [1.54, 1.807) is 0 Å². The largest absolute Gasteiger partial charge is 0.550 e. The first-order chi connectivity index (χ1) is 10.6. The number of aliphatic hydroxyl groups excluding tert-OH is 1. The summed E-state index contributed by atoms with van der Waals surface area (Å²) in [6.45, 7) is 2.53. The molecule has 0 heterocycles. The number of esters is 1. The van der Waals surface area contributed by atoms with Gasteiger partial charge in [0.15, 0.2) is 6.10 Å². The fourth-order valence-corrected chi connectivity index (χ4v) is 2.44. The van der Waals surface area contributed by atoms with Crippen LogP contribution in [0.1, 0.15) is 58.3 Å². The molecule has 0 aliphatic heterocycles. The molecule has 0 saturated heterocycles. The van der Waals surface area contributed by atoms with Crippen LogP contribution in [0.3, 0.4) is 0 Å². The van der Waals surface area contributed by atoms with E-state index < -0.39 is 18.0 Å². The van der Waals surface area contributed by atoms with Crippen molar-refractivity contribution in [1.82, 2.24) is 0 Å². The molecule has 6 heteroatoms. The van der Waals surface area contributed by atoms with Crippen LogP contribution in [0.25, 0.3) is 0 Å². The quantitative estimate of drug-likeness (QED) is 0.307. The summed E-state index contributed by atoms with van der Waals surface area (Å²) < 4.78 is 5.76. The summed E-state index contributed by atoms with van der Waals surface area (Å²) in [4.78, 5) is 22.6. The maximum absolute atomic E-state index is 11.8. The predicted octanol–water partition coefficient (Wildman–Crippen LogP) is 0.856. The van der Waals surface area contributed by atoms with Crippen LogP contribution in [0.5, 0.6) is 0 Å². The van der Waals surface area contributed by atoms with Crippen molar-refractivity contribution in [3.8, 4) is 0 Å². The zero-order chi connectivity index (χ0) is 17.9. The smallest absolute Gasteiger partial charge is 0.306 e. The van der Waals surface area contributed by atoms with Crippen LogP contribution in [0.2, 0.25) is 0 Å². The molecule has 0 rings (SSSR count). The molecule has 6 nitrogen and oxygen atoms in total. The molecule has 136 valence electrons. The Labute approximate surface area is 140 Å². The molecule has 1 N–H and O–H groups in total. The second kappa shape index (κ2) is 11.4. The van der Waals surface area contributed by atoms with E-state index in [4.69, 9.17) is 4.74 Å².